The summed E-state index contributed by atoms with van der Waals surface area (Å²) in [5, 5.41) is 2.70. The van der Waals surface area contributed by atoms with E-state index >= 15 is 0 Å². The van der Waals surface area contributed by atoms with Crippen molar-refractivity contribution in [3.63, 3.8) is 0 Å². The first-order valence-corrected chi connectivity index (χ1v) is 3.28. The molecule has 0 aromatic heterocycles. The number of hydrogen-bond donors (Lipinski definition) is 1. The summed E-state index contributed by atoms with van der Waals surface area (Å²) >= 11 is 0. The van der Waals surface area contributed by atoms with Gasteiger partial charge in [-0.25, -0.2) is 8.78 Å². The Morgan fingerprint density at radius 3 is 2.56 bits per heavy atom. The Morgan fingerprint density at radius 2 is 2.11 bits per heavy atom. The van der Waals surface area contributed by atoms with Gasteiger partial charge in [0.1, 0.15) is 0 Å². The Bertz CT molecular complexity index is 79.1. The maximum Gasteiger partial charge on any atom is 0.250 e. The van der Waals surface area contributed by atoms with Gasteiger partial charge in [-0.15, -0.1) is 0 Å². The van der Waals surface area contributed by atoms with Crippen molar-refractivity contribution in [2.24, 2.45) is 5.92 Å². The lowest BCUT2D eigenvalue weighted by atomic mass is 10.4. The Balaban J connectivity index is 1.81. The summed E-state index contributed by atoms with van der Waals surface area (Å²) < 4.78 is 22.9. The van der Waals surface area contributed by atoms with E-state index in [1.807, 2.05) is 0 Å². The Hall–Kier alpha value is -0.180. The monoisotopic (exact) mass is 135 g/mol. The second-order valence-corrected chi connectivity index (χ2v) is 2.49. The minimum atomic E-state index is -2.19. The average molecular weight is 135 g/mol. The van der Waals surface area contributed by atoms with Gasteiger partial charge in [0.15, 0.2) is 0 Å². The Labute approximate surface area is 53.4 Å². The molecule has 1 rings (SSSR count). The third-order valence-electron chi connectivity index (χ3n) is 1.43. The first kappa shape index (κ1) is 6.93. The van der Waals surface area contributed by atoms with E-state index in [-0.39, 0.29) is 6.54 Å². The molecule has 1 saturated carbocycles. The number of hydrogen-bond acceptors (Lipinski definition) is 1. The number of nitrogens with one attached hydrogen (secondary N) is 1. The van der Waals surface area contributed by atoms with E-state index in [0.717, 1.165) is 6.54 Å². The molecule has 0 bridgehead atoms. The molecule has 3 heteroatoms. The van der Waals surface area contributed by atoms with Crippen molar-refractivity contribution in [3.8, 4) is 0 Å². The third kappa shape index (κ3) is 3.40. The van der Waals surface area contributed by atoms with Crippen LogP contribution in [0.5, 0.6) is 0 Å². The van der Waals surface area contributed by atoms with Crippen LogP contribution in [0.25, 0.3) is 0 Å². The molecule has 54 valence electrons. The van der Waals surface area contributed by atoms with Crippen LogP contribution in [0.4, 0.5) is 8.78 Å². The van der Waals surface area contributed by atoms with Crippen molar-refractivity contribution >= 4 is 0 Å². The lowest BCUT2D eigenvalue weighted by molar-refractivity contribution is 0.145. The van der Waals surface area contributed by atoms with Crippen LogP contribution in [-0.2, 0) is 0 Å². The van der Waals surface area contributed by atoms with Gasteiger partial charge < -0.3 is 5.32 Å². The molecular formula is C6H11F2N. The highest BCUT2D eigenvalue weighted by atomic mass is 19.3. The number of halogens is 2. The van der Waals surface area contributed by atoms with Crippen LogP contribution in [0.2, 0.25) is 0 Å². The molecule has 0 spiro atoms. The molecule has 1 aliphatic rings. The van der Waals surface area contributed by atoms with E-state index in [2.05, 4.69) is 5.32 Å². The molecule has 1 fully saturated rings. The van der Waals surface area contributed by atoms with Gasteiger partial charge in [0, 0.05) is 0 Å². The molecule has 1 nitrogen and oxygen atoms in total. The molecule has 1 aliphatic carbocycles. The molecule has 9 heavy (non-hydrogen) atoms. The lowest BCUT2D eigenvalue weighted by Crippen LogP contribution is -2.23. The summed E-state index contributed by atoms with van der Waals surface area (Å²) in [5.41, 5.74) is 0. The predicted molar refractivity (Wildman–Crippen MR) is 31.6 cm³/mol. The van der Waals surface area contributed by atoms with Gasteiger partial charge in [0.2, 0.25) is 0 Å². The minimum absolute atomic E-state index is 0.142. The summed E-state index contributed by atoms with van der Waals surface area (Å²) in [7, 11) is 0. The first-order chi connectivity index (χ1) is 4.29. The molecule has 0 heterocycles. The quantitative estimate of drug-likeness (QED) is 0.611. The Morgan fingerprint density at radius 1 is 1.44 bits per heavy atom. The van der Waals surface area contributed by atoms with E-state index in [4.69, 9.17) is 0 Å². The van der Waals surface area contributed by atoms with Crippen LogP contribution < -0.4 is 5.32 Å². The van der Waals surface area contributed by atoms with Crippen LogP contribution in [0.15, 0.2) is 0 Å². The zero-order valence-electron chi connectivity index (χ0n) is 5.24. The SMILES string of the molecule is FC(F)CNCC1CC1. The molecule has 0 aliphatic heterocycles. The largest absolute Gasteiger partial charge is 0.311 e. The highest BCUT2D eigenvalue weighted by Gasteiger charge is 2.20. The van der Waals surface area contributed by atoms with E-state index in [1.54, 1.807) is 0 Å². The summed E-state index contributed by atoms with van der Waals surface area (Å²) in [6.45, 7) is 0.640. The third-order valence-corrected chi connectivity index (χ3v) is 1.43. The highest BCUT2D eigenvalue weighted by molar-refractivity contribution is 4.75. The van der Waals surface area contributed by atoms with Crippen molar-refractivity contribution < 1.29 is 8.78 Å². The van der Waals surface area contributed by atoms with Crippen LogP contribution in [0, 0.1) is 5.92 Å². The van der Waals surface area contributed by atoms with Gasteiger partial charge in [0.25, 0.3) is 6.43 Å². The molecule has 0 radical (unpaired) electrons. The molecule has 1 N–H and O–H groups in total. The summed E-state index contributed by atoms with van der Waals surface area (Å²) in [6, 6.07) is 0. The minimum Gasteiger partial charge on any atom is -0.311 e. The Kier molecular flexibility index (Phi) is 2.39. The summed E-state index contributed by atoms with van der Waals surface area (Å²) in [4.78, 5) is 0. The molecule has 0 aromatic carbocycles. The summed E-state index contributed by atoms with van der Waals surface area (Å²) in [6.07, 6.45) is 0.246. The van der Waals surface area contributed by atoms with Gasteiger partial charge in [-0.1, -0.05) is 0 Å². The fourth-order valence-corrected chi connectivity index (χ4v) is 0.719. The topological polar surface area (TPSA) is 12.0 Å². The normalized spacial score (nSPS) is 19.0. The van der Waals surface area contributed by atoms with Crippen molar-refractivity contribution in [1.82, 2.24) is 5.32 Å². The van der Waals surface area contributed by atoms with E-state index in [9.17, 15) is 8.78 Å². The maximum absolute atomic E-state index is 11.4. The van der Waals surface area contributed by atoms with Crippen LogP contribution in [0.3, 0.4) is 0 Å². The average Bonchev–Trinajstić information content (AvgIpc) is 2.48. The molecule has 0 atom stereocenters. The molecule has 0 amide bonds. The number of rotatable bonds is 4. The van der Waals surface area contributed by atoms with Gasteiger partial charge in [-0.3, -0.25) is 0 Å². The van der Waals surface area contributed by atoms with E-state index in [1.165, 1.54) is 12.8 Å². The smallest absolute Gasteiger partial charge is 0.250 e. The van der Waals surface area contributed by atoms with Gasteiger partial charge in [-0.05, 0) is 25.3 Å². The van der Waals surface area contributed by atoms with Crippen molar-refractivity contribution in [3.05, 3.63) is 0 Å². The molecular weight excluding hydrogens is 124 g/mol. The van der Waals surface area contributed by atoms with Crippen molar-refractivity contribution in [2.45, 2.75) is 19.3 Å². The second kappa shape index (κ2) is 3.11. The zero-order valence-corrected chi connectivity index (χ0v) is 5.24. The van der Waals surface area contributed by atoms with Gasteiger partial charge in [0.05, 0.1) is 6.54 Å². The number of alkyl halides is 2. The van der Waals surface area contributed by atoms with Gasteiger partial charge >= 0.3 is 0 Å². The maximum atomic E-state index is 11.4. The lowest BCUT2D eigenvalue weighted by Gasteiger charge is -1.99. The second-order valence-electron chi connectivity index (χ2n) is 2.49. The fraction of sp³-hybridized carbons (Fsp3) is 1.00. The fourth-order valence-electron chi connectivity index (χ4n) is 0.719. The highest BCUT2D eigenvalue weighted by Crippen LogP contribution is 2.27. The van der Waals surface area contributed by atoms with Crippen LogP contribution >= 0.6 is 0 Å². The van der Waals surface area contributed by atoms with Crippen molar-refractivity contribution in [2.75, 3.05) is 13.1 Å². The standard InChI is InChI=1S/C6H11F2N/c7-6(8)4-9-3-5-1-2-5/h5-6,9H,1-4H2. The zero-order chi connectivity index (χ0) is 6.69. The molecule has 0 aromatic rings. The van der Waals surface area contributed by atoms with Crippen LogP contribution in [-0.4, -0.2) is 19.5 Å². The summed E-state index contributed by atoms with van der Waals surface area (Å²) in [5.74, 6) is 0.698. The first-order valence-electron chi connectivity index (χ1n) is 3.28. The van der Waals surface area contributed by atoms with Crippen LogP contribution in [0.1, 0.15) is 12.8 Å². The predicted octanol–water partition coefficient (Wildman–Crippen LogP) is 1.25. The van der Waals surface area contributed by atoms with E-state index < -0.39 is 6.43 Å². The molecule has 0 saturated heterocycles. The van der Waals surface area contributed by atoms with Gasteiger partial charge in [-0.2, -0.15) is 0 Å². The van der Waals surface area contributed by atoms with Crippen molar-refractivity contribution in [1.29, 1.82) is 0 Å². The molecule has 0 unspecified atom stereocenters. The van der Waals surface area contributed by atoms with E-state index in [0.29, 0.717) is 5.92 Å².